The molecule has 1 aromatic carbocycles. The highest BCUT2D eigenvalue weighted by atomic mass is 19.1. The smallest absolute Gasteiger partial charge is 0.256 e. The number of piperazine rings is 1. The first-order valence-electron chi connectivity index (χ1n) is 9.27. The lowest BCUT2D eigenvalue weighted by Crippen LogP contribution is -2.47. The molecule has 0 aromatic heterocycles. The van der Waals surface area contributed by atoms with Crippen LogP contribution in [0.25, 0.3) is 0 Å². The number of benzene rings is 1. The summed E-state index contributed by atoms with van der Waals surface area (Å²) in [5.74, 6) is -0.396. The van der Waals surface area contributed by atoms with Gasteiger partial charge in [0.2, 0.25) is 0 Å². The predicted molar refractivity (Wildman–Crippen MR) is 101 cm³/mol. The molecule has 0 N–H and O–H groups in total. The minimum Gasteiger partial charge on any atom is -0.492 e. The molecule has 0 bridgehead atoms. The molecule has 0 atom stereocenters. The van der Waals surface area contributed by atoms with Crippen molar-refractivity contribution in [3.05, 3.63) is 35.2 Å². The number of amides is 2. The van der Waals surface area contributed by atoms with Gasteiger partial charge < -0.3 is 9.64 Å². The van der Waals surface area contributed by atoms with Gasteiger partial charge in [-0.05, 0) is 38.9 Å². The minimum absolute atomic E-state index is 0.166. The van der Waals surface area contributed by atoms with Crippen molar-refractivity contribution < 1.29 is 18.7 Å². The Morgan fingerprint density at radius 2 is 1.63 bits per heavy atom. The summed E-state index contributed by atoms with van der Waals surface area (Å²) < 4.78 is 19.1. The summed E-state index contributed by atoms with van der Waals surface area (Å²) >= 11 is 0. The number of imide groups is 1. The quantitative estimate of drug-likeness (QED) is 0.713. The highest BCUT2D eigenvalue weighted by Crippen LogP contribution is 2.31. The van der Waals surface area contributed by atoms with Gasteiger partial charge in [-0.2, -0.15) is 0 Å². The Morgan fingerprint density at radius 3 is 2.22 bits per heavy atom. The zero-order chi connectivity index (χ0) is 19.6. The molecular weight excluding hydrogens is 349 g/mol. The third-order valence-corrected chi connectivity index (χ3v) is 5.41. The van der Waals surface area contributed by atoms with E-state index in [2.05, 4.69) is 9.80 Å². The van der Waals surface area contributed by atoms with Crippen LogP contribution < -0.4 is 9.64 Å². The van der Waals surface area contributed by atoms with Crippen molar-refractivity contribution in [3.8, 4) is 5.75 Å². The van der Waals surface area contributed by atoms with Crippen LogP contribution in [0.5, 0.6) is 5.75 Å². The maximum atomic E-state index is 13.9. The van der Waals surface area contributed by atoms with Crippen LogP contribution in [0.2, 0.25) is 0 Å². The van der Waals surface area contributed by atoms with Crippen molar-refractivity contribution in [1.82, 2.24) is 9.80 Å². The molecule has 1 aromatic rings. The van der Waals surface area contributed by atoms with E-state index in [0.29, 0.717) is 17.7 Å². The second-order valence-corrected chi connectivity index (χ2v) is 6.99. The molecule has 0 spiro atoms. The average Bonchev–Trinajstić information content (AvgIpc) is 2.86. The number of carbonyl (C=O) groups is 2. The Morgan fingerprint density at radius 1 is 1.00 bits per heavy atom. The lowest BCUT2D eigenvalue weighted by atomic mass is 10.2. The molecule has 7 heteroatoms. The number of nitrogens with zero attached hydrogens (tertiary/aromatic N) is 3. The van der Waals surface area contributed by atoms with Gasteiger partial charge >= 0.3 is 0 Å². The molecule has 0 radical (unpaired) electrons. The fourth-order valence-corrected chi connectivity index (χ4v) is 3.63. The number of halogens is 1. The summed E-state index contributed by atoms with van der Waals surface area (Å²) in [6.07, 6.45) is 0.751. The zero-order valence-corrected chi connectivity index (χ0v) is 16.1. The number of carbonyl (C=O) groups excluding carboxylic acids is 2. The highest BCUT2D eigenvalue weighted by molar-refractivity contribution is 6.18. The van der Waals surface area contributed by atoms with Gasteiger partial charge in [0, 0.05) is 43.9 Å². The van der Waals surface area contributed by atoms with Gasteiger partial charge in [-0.25, -0.2) is 4.39 Å². The topological polar surface area (TPSA) is 53.1 Å². The maximum absolute atomic E-state index is 13.9. The summed E-state index contributed by atoms with van der Waals surface area (Å²) in [7, 11) is 1.48. The van der Waals surface area contributed by atoms with Crippen molar-refractivity contribution in [2.45, 2.75) is 20.3 Å². The zero-order valence-electron chi connectivity index (χ0n) is 16.1. The first kappa shape index (κ1) is 19.4. The molecule has 0 saturated carbocycles. The lowest BCUT2D eigenvalue weighted by Gasteiger charge is -2.36. The van der Waals surface area contributed by atoms with Crippen molar-refractivity contribution in [2.24, 2.45) is 0 Å². The van der Waals surface area contributed by atoms with Crippen LogP contribution >= 0.6 is 0 Å². The molecule has 0 unspecified atom stereocenters. The van der Waals surface area contributed by atoms with Crippen LogP contribution in [0.3, 0.4) is 0 Å². The molecule has 3 rings (SSSR count). The van der Waals surface area contributed by atoms with E-state index in [4.69, 9.17) is 4.74 Å². The molecule has 1 saturated heterocycles. The van der Waals surface area contributed by atoms with Crippen molar-refractivity contribution in [2.75, 3.05) is 51.3 Å². The normalized spacial score (nSPS) is 18.7. The van der Waals surface area contributed by atoms with Gasteiger partial charge in [0.1, 0.15) is 0 Å². The molecular formula is C20H26FN3O3. The largest absolute Gasteiger partial charge is 0.492 e. The molecule has 1 fully saturated rings. The van der Waals surface area contributed by atoms with E-state index >= 15 is 0 Å². The van der Waals surface area contributed by atoms with E-state index < -0.39 is 0 Å². The first-order chi connectivity index (χ1) is 12.9. The average molecular weight is 375 g/mol. The van der Waals surface area contributed by atoms with Gasteiger partial charge in [-0.3, -0.25) is 19.4 Å². The Labute approximate surface area is 159 Å². The first-order valence-corrected chi connectivity index (χ1v) is 9.27. The lowest BCUT2D eigenvalue weighted by molar-refractivity contribution is -0.137. The van der Waals surface area contributed by atoms with Crippen LogP contribution in [0, 0.1) is 5.82 Å². The Hall–Kier alpha value is -2.41. The van der Waals surface area contributed by atoms with Crippen LogP contribution in [0.4, 0.5) is 10.1 Å². The van der Waals surface area contributed by atoms with Crippen molar-refractivity contribution in [1.29, 1.82) is 0 Å². The standard InChI is InChI=1S/C20H26FN3O3/c1-14-15(2)20(26)24(19(14)25)9-5-8-22-10-12-23(13-11-22)17-7-4-6-16(21)18(17)27-3/h4,6-7H,5,8-13H2,1-3H3. The number of methoxy groups -OCH3 is 1. The number of ether oxygens (including phenoxy) is 1. The van der Waals surface area contributed by atoms with Crippen LogP contribution in [-0.4, -0.2) is 68.0 Å². The van der Waals surface area contributed by atoms with Crippen LogP contribution in [0.1, 0.15) is 20.3 Å². The second-order valence-electron chi connectivity index (χ2n) is 6.99. The van der Waals surface area contributed by atoms with E-state index in [1.54, 1.807) is 19.9 Å². The molecule has 2 aliphatic heterocycles. The third-order valence-electron chi connectivity index (χ3n) is 5.41. The second kappa shape index (κ2) is 8.08. The van der Waals surface area contributed by atoms with Gasteiger partial charge in [-0.15, -0.1) is 0 Å². The monoisotopic (exact) mass is 375 g/mol. The van der Waals surface area contributed by atoms with Gasteiger partial charge in [-0.1, -0.05) is 6.07 Å². The fourth-order valence-electron chi connectivity index (χ4n) is 3.63. The summed E-state index contributed by atoms with van der Waals surface area (Å²) in [6, 6.07) is 4.97. The van der Waals surface area contributed by atoms with E-state index in [-0.39, 0.29) is 23.4 Å². The summed E-state index contributed by atoms with van der Waals surface area (Å²) in [4.78, 5) is 29.9. The molecule has 2 heterocycles. The van der Waals surface area contributed by atoms with E-state index in [9.17, 15) is 14.0 Å². The Kier molecular flexibility index (Phi) is 5.79. The molecule has 6 nitrogen and oxygen atoms in total. The minimum atomic E-state index is -0.350. The molecule has 146 valence electrons. The summed E-state index contributed by atoms with van der Waals surface area (Å²) in [5, 5.41) is 0. The fraction of sp³-hybridized carbons (Fsp3) is 0.500. The molecule has 27 heavy (non-hydrogen) atoms. The van der Waals surface area contributed by atoms with Crippen LogP contribution in [-0.2, 0) is 9.59 Å². The number of hydrogen-bond acceptors (Lipinski definition) is 5. The molecule has 2 aliphatic rings. The van der Waals surface area contributed by atoms with E-state index in [1.165, 1.54) is 18.1 Å². The third kappa shape index (κ3) is 3.83. The van der Waals surface area contributed by atoms with Gasteiger partial charge in [0.05, 0.1) is 12.8 Å². The number of anilines is 1. The highest BCUT2D eigenvalue weighted by Gasteiger charge is 2.32. The summed E-state index contributed by atoms with van der Waals surface area (Å²) in [6.45, 7) is 7.93. The van der Waals surface area contributed by atoms with E-state index in [0.717, 1.165) is 44.8 Å². The summed E-state index contributed by atoms with van der Waals surface area (Å²) in [5.41, 5.74) is 1.89. The van der Waals surface area contributed by atoms with E-state index in [1.807, 2.05) is 6.07 Å². The maximum Gasteiger partial charge on any atom is 0.256 e. The number of hydrogen-bond donors (Lipinski definition) is 0. The van der Waals surface area contributed by atoms with Gasteiger partial charge in [0.15, 0.2) is 11.6 Å². The Balaban J connectivity index is 1.48. The predicted octanol–water partition coefficient (Wildman–Crippen LogP) is 2.05. The Bertz CT molecular complexity index is 746. The number of rotatable bonds is 6. The number of para-hydroxylation sites is 1. The SMILES string of the molecule is COc1c(F)cccc1N1CCN(CCCN2C(=O)C(C)=C(C)C2=O)CC1. The molecule has 0 aliphatic carbocycles. The van der Waals surface area contributed by atoms with Gasteiger partial charge in [0.25, 0.3) is 11.8 Å². The van der Waals surface area contributed by atoms with Crippen molar-refractivity contribution >= 4 is 17.5 Å². The van der Waals surface area contributed by atoms with Crippen molar-refractivity contribution in [3.63, 3.8) is 0 Å². The van der Waals surface area contributed by atoms with Crippen LogP contribution in [0.15, 0.2) is 29.3 Å². The molecule has 2 amide bonds.